The molecule has 1 aromatic rings. The van der Waals surface area contributed by atoms with Crippen LogP contribution in [0.3, 0.4) is 0 Å². The molecule has 0 atom stereocenters. The van der Waals surface area contributed by atoms with Gasteiger partial charge in [-0.05, 0) is 47.9 Å². The second kappa shape index (κ2) is 7.04. The van der Waals surface area contributed by atoms with Crippen molar-refractivity contribution in [3.8, 4) is 0 Å². The largest absolute Gasteiger partial charge is 0.373 e. The van der Waals surface area contributed by atoms with Gasteiger partial charge in [0.05, 0.1) is 0 Å². The quantitative estimate of drug-likeness (QED) is 0.865. The zero-order valence-electron chi connectivity index (χ0n) is 14.1. The van der Waals surface area contributed by atoms with E-state index in [4.69, 9.17) is 0 Å². The van der Waals surface area contributed by atoms with Crippen molar-refractivity contribution >= 4 is 5.69 Å². The smallest absolute Gasteiger partial charge is 0.0443 e. The Kier molecular flexibility index (Phi) is 5.96. The predicted molar refractivity (Wildman–Crippen MR) is 87.4 cm³/mol. The molecule has 1 aromatic heterocycles. The van der Waals surface area contributed by atoms with Crippen LogP contribution in [0, 0.1) is 6.92 Å². The Bertz CT molecular complexity index is 421. The number of aryl methyl sites for hydroxylation is 1. The number of hydrogen-bond donors (Lipinski definition) is 1. The lowest BCUT2D eigenvalue weighted by Gasteiger charge is -2.26. The van der Waals surface area contributed by atoms with E-state index in [1.165, 1.54) is 11.3 Å². The molecule has 0 bridgehead atoms. The van der Waals surface area contributed by atoms with Gasteiger partial charge in [0.15, 0.2) is 0 Å². The predicted octanol–water partition coefficient (Wildman–Crippen LogP) is 2.28. The summed E-state index contributed by atoms with van der Waals surface area (Å²) in [5.41, 5.74) is 3.71. The maximum Gasteiger partial charge on any atom is 0.0443 e. The van der Waals surface area contributed by atoms with Gasteiger partial charge in [0.1, 0.15) is 0 Å². The van der Waals surface area contributed by atoms with Crippen LogP contribution in [0.25, 0.3) is 0 Å². The highest BCUT2D eigenvalue weighted by atomic mass is 15.2. The van der Waals surface area contributed by atoms with Gasteiger partial charge in [-0.2, -0.15) is 0 Å². The van der Waals surface area contributed by atoms with Crippen molar-refractivity contribution in [2.75, 3.05) is 39.1 Å². The van der Waals surface area contributed by atoms with Crippen LogP contribution < -0.4 is 10.2 Å². The summed E-state index contributed by atoms with van der Waals surface area (Å²) in [6, 6.07) is 2.18. The Morgan fingerprint density at radius 1 is 1.15 bits per heavy atom. The first-order valence-electron chi connectivity index (χ1n) is 7.25. The summed E-state index contributed by atoms with van der Waals surface area (Å²) in [5, 5.41) is 3.54. The number of nitrogens with zero attached hydrogens (tertiary/aromatic N) is 3. The van der Waals surface area contributed by atoms with Gasteiger partial charge in [-0.25, -0.2) is 0 Å². The van der Waals surface area contributed by atoms with Gasteiger partial charge >= 0.3 is 0 Å². The fourth-order valence-electron chi connectivity index (χ4n) is 1.90. The standard InChI is InChI=1S/C16H30N4/c1-13-10-15(20(7)9-8-19(5)6)14(11-17-13)12-18-16(2,3)4/h10-11,18H,8-9,12H2,1-7H3. The van der Waals surface area contributed by atoms with E-state index in [9.17, 15) is 0 Å². The van der Waals surface area contributed by atoms with Crippen LogP contribution in [0.5, 0.6) is 0 Å². The summed E-state index contributed by atoms with van der Waals surface area (Å²) in [7, 11) is 6.36. The van der Waals surface area contributed by atoms with Crippen molar-refractivity contribution < 1.29 is 0 Å². The number of nitrogens with one attached hydrogen (secondary N) is 1. The van der Waals surface area contributed by atoms with Crippen LogP contribution in [0.2, 0.25) is 0 Å². The van der Waals surface area contributed by atoms with Crippen molar-refractivity contribution in [3.05, 3.63) is 23.5 Å². The van der Waals surface area contributed by atoms with Crippen molar-refractivity contribution in [3.63, 3.8) is 0 Å². The van der Waals surface area contributed by atoms with Gasteiger partial charge in [0.2, 0.25) is 0 Å². The summed E-state index contributed by atoms with van der Waals surface area (Å²) < 4.78 is 0. The lowest BCUT2D eigenvalue weighted by molar-refractivity contribution is 0.414. The number of hydrogen-bond acceptors (Lipinski definition) is 4. The first-order valence-corrected chi connectivity index (χ1v) is 7.25. The monoisotopic (exact) mass is 278 g/mol. The SMILES string of the molecule is Cc1cc(N(C)CCN(C)C)c(CNC(C)(C)C)cn1. The van der Waals surface area contributed by atoms with Crippen molar-refractivity contribution in [1.29, 1.82) is 0 Å². The molecule has 0 unspecified atom stereocenters. The highest BCUT2D eigenvalue weighted by Crippen LogP contribution is 2.20. The molecule has 0 aliphatic heterocycles. The first kappa shape index (κ1) is 16.9. The summed E-state index contributed by atoms with van der Waals surface area (Å²) in [6.45, 7) is 11.5. The second-order valence-electron chi connectivity index (χ2n) is 6.78. The van der Waals surface area contributed by atoms with Crippen molar-refractivity contribution in [2.24, 2.45) is 0 Å². The molecule has 4 nitrogen and oxygen atoms in total. The Hall–Kier alpha value is -1.13. The average molecular weight is 278 g/mol. The zero-order valence-corrected chi connectivity index (χ0v) is 14.1. The number of rotatable bonds is 6. The Morgan fingerprint density at radius 2 is 1.80 bits per heavy atom. The van der Waals surface area contributed by atoms with Crippen LogP contribution >= 0.6 is 0 Å². The van der Waals surface area contributed by atoms with Gasteiger partial charge in [-0.1, -0.05) is 0 Å². The van der Waals surface area contributed by atoms with E-state index >= 15 is 0 Å². The Labute approximate surface area is 124 Å². The van der Waals surface area contributed by atoms with Crippen LogP contribution in [-0.4, -0.2) is 49.7 Å². The van der Waals surface area contributed by atoms with E-state index < -0.39 is 0 Å². The van der Waals surface area contributed by atoms with Crippen LogP contribution in [0.1, 0.15) is 32.0 Å². The Balaban J connectivity index is 2.84. The normalized spacial score (nSPS) is 12.0. The number of aromatic nitrogens is 1. The highest BCUT2D eigenvalue weighted by molar-refractivity contribution is 5.53. The summed E-state index contributed by atoms with van der Waals surface area (Å²) in [6.07, 6.45) is 2.00. The molecule has 0 spiro atoms. The molecule has 0 fully saturated rings. The van der Waals surface area contributed by atoms with E-state index in [2.05, 4.69) is 68.1 Å². The summed E-state index contributed by atoms with van der Waals surface area (Å²) in [4.78, 5) is 8.96. The van der Waals surface area contributed by atoms with Gasteiger partial charge in [0.25, 0.3) is 0 Å². The molecule has 0 saturated heterocycles. The van der Waals surface area contributed by atoms with Gasteiger partial charge in [0, 0.05) is 55.4 Å². The molecule has 0 aromatic carbocycles. The molecule has 0 radical (unpaired) electrons. The van der Waals surface area contributed by atoms with Gasteiger partial charge < -0.3 is 15.1 Å². The van der Waals surface area contributed by atoms with Gasteiger partial charge in [-0.15, -0.1) is 0 Å². The average Bonchev–Trinajstić information content (AvgIpc) is 2.33. The fourth-order valence-corrected chi connectivity index (χ4v) is 1.90. The molecule has 1 N–H and O–H groups in total. The van der Waals surface area contributed by atoms with Crippen LogP contribution in [0.15, 0.2) is 12.3 Å². The van der Waals surface area contributed by atoms with Crippen molar-refractivity contribution in [2.45, 2.75) is 39.8 Å². The number of likely N-dealkylation sites (N-methyl/N-ethyl adjacent to an activating group) is 2. The number of anilines is 1. The third-order valence-electron chi connectivity index (χ3n) is 3.20. The molecular weight excluding hydrogens is 248 g/mol. The minimum atomic E-state index is 0.115. The maximum atomic E-state index is 4.44. The molecular formula is C16H30N4. The molecule has 114 valence electrons. The molecule has 0 amide bonds. The third kappa shape index (κ3) is 5.88. The van der Waals surface area contributed by atoms with Crippen LogP contribution in [-0.2, 0) is 6.54 Å². The van der Waals surface area contributed by atoms with E-state index in [1.807, 2.05) is 13.1 Å². The fraction of sp³-hybridized carbons (Fsp3) is 0.688. The minimum Gasteiger partial charge on any atom is -0.373 e. The lowest BCUT2D eigenvalue weighted by Crippen LogP contribution is -2.36. The second-order valence-corrected chi connectivity index (χ2v) is 6.78. The molecule has 1 rings (SSSR count). The molecule has 0 aliphatic carbocycles. The molecule has 0 saturated carbocycles. The maximum absolute atomic E-state index is 4.44. The van der Waals surface area contributed by atoms with E-state index in [-0.39, 0.29) is 5.54 Å². The molecule has 4 heteroatoms. The lowest BCUT2D eigenvalue weighted by atomic mass is 10.1. The van der Waals surface area contributed by atoms with Crippen LogP contribution in [0.4, 0.5) is 5.69 Å². The van der Waals surface area contributed by atoms with E-state index in [0.29, 0.717) is 0 Å². The van der Waals surface area contributed by atoms with E-state index in [1.54, 1.807) is 0 Å². The number of pyridine rings is 1. The van der Waals surface area contributed by atoms with Gasteiger partial charge in [-0.3, -0.25) is 4.98 Å². The highest BCUT2D eigenvalue weighted by Gasteiger charge is 2.13. The summed E-state index contributed by atoms with van der Waals surface area (Å²) >= 11 is 0. The van der Waals surface area contributed by atoms with Crippen molar-refractivity contribution in [1.82, 2.24) is 15.2 Å². The topological polar surface area (TPSA) is 31.4 Å². The molecule has 0 aliphatic rings. The first-order chi connectivity index (χ1) is 9.19. The third-order valence-corrected chi connectivity index (χ3v) is 3.20. The molecule has 20 heavy (non-hydrogen) atoms. The molecule has 1 heterocycles. The Morgan fingerprint density at radius 3 is 2.35 bits per heavy atom. The van der Waals surface area contributed by atoms with E-state index in [0.717, 1.165) is 25.3 Å². The minimum absolute atomic E-state index is 0.115. The summed E-state index contributed by atoms with van der Waals surface area (Å²) in [5.74, 6) is 0. The zero-order chi connectivity index (χ0) is 15.3.